The molecule has 0 radical (unpaired) electrons. The fourth-order valence-electron chi connectivity index (χ4n) is 1.56. The van der Waals surface area contributed by atoms with E-state index in [2.05, 4.69) is 39.7 Å². The van der Waals surface area contributed by atoms with E-state index >= 15 is 0 Å². The van der Waals surface area contributed by atoms with Crippen molar-refractivity contribution in [1.82, 2.24) is 5.43 Å². The van der Waals surface area contributed by atoms with E-state index < -0.39 is 0 Å². The Labute approximate surface area is 95.3 Å². The van der Waals surface area contributed by atoms with Gasteiger partial charge < -0.3 is 0 Å². The summed E-state index contributed by atoms with van der Waals surface area (Å²) in [6.45, 7) is 12.9. The molecule has 0 aliphatic heterocycles. The predicted molar refractivity (Wildman–Crippen MR) is 68.4 cm³/mol. The second-order valence-electron chi connectivity index (χ2n) is 5.59. The van der Waals surface area contributed by atoms with Crippen LogP contribution in [0.5, 0.6) is 0 Å². The molecule has 90 valence electrons. The van der Waals surface area contributed by atoms with Crippen molar-refractivity contribution in [3.05, 3.63) is 12.7 Å². The van der Waals surface area contributed by atoms with Gasteiger partial charge in [-0.25, -0.2) is 0 Å². The van der Waals surface area contributed by atoms with Gasteiger partial charge in [0.1, 0.15) is 0 Å². The third-order valence-electron chi connectivity index (χ3n) is 3.31. The van der Waals surface area contributed by atoms with Crippen LogP contribution in [0.4, 0.5) is 0 Å². The Balaban J connectivity index is 3.92. The maximum absolute atomic E-state index is 5.57. The minimum atomic E-state index is 0.369. The summed E-state index contributed by atoms with van der Waals surface area (Å²) in [5.74, 6) is 6.25. The van der Waals surface area contributed by atoms with Gasteiger partial charge in [-0.15, -0.1) is 6.58 Å². The van der Waals surface area contributed by atoms with Crippen LogP contribution < -0.4 is 11.3 Å². The quantitative estimate of drug-likeness (QED) is 0.294. The summed E-state index contributed by atoms with van der Waals surface area (Å²) in [4.78, 5) is 0. The van der Waals surface area contributed by atoms with Gasteiger partial charge in [0.25, 0.3) is 0 Å². The number of rotatable bonds is 7. The zero-order chi connectivity index (χ0) is 11.9. The number of nitrogens with one attached hydrogen (secondary N) is 1. The van der Waals surface area contributed by atoms with Crippen LogP contribution in [0.2, 0.25) is 0 Å². The maximum Gasteiger partial charge on any atom is 0.0213 e. The van der Waals surface area contributed by atoms with Crippen molar-refractivity contribution in [3.8, 4) is 0 Å². The Morgan fingerprint density at radius 1 is 1.40 bits per heavy atom. The highest BCUT2D eigenvalue weighted by Crippen LogP contribution is 2.29. The van der Waals surface area contributed by atoms with E-state index in [4.69, 9.17) is 5.84 Å². The van der Waals surface area contributed by atoms with E-state index in [1.807, 2.05) is 6.08 Å². The van der Waals surface area contributed by atoms with Crippen LogP contribution in [0, 0.1) is 11.3 Å². The summed E-state index contributed by atoms with van der Waals surface area (Å²) in [5, 5.41) is 0. The summed E-state index contributed by atoms with van der Waals surface area (Å²) >= 11 is 0. The number of nitrogens with two attached hydrogens (primary N) is 1. The lowest BCUT2D eigenvalue weighted by Gasteiger charge is -2.30. The van der Waals surface area contributed by atoms with Gasteiger partial charge in [-0.3, -0.25) is 11.3 Å². The van der Waals surface area contributed by atoms with E-state index in [1.54, 1.807) is 0 Å². The van der Waals surface area contributed by atoms with Crippen LogP contribution in [0.3, 0.4) is 0 Å². The van der Waals surface area contributed by atoms with E-state index in [0.29, 0.717) is 17.4 Å². The number of unbranched alkanes of at least 4 members (excludes halogenated alkanes) is 1. The SMILES string of the molecule is C=CCCCC(CC(C)C(C)(C)C)NN. The summed E-state index contributed by atoms with van der Waals surface area (Å²) in [6.07, 6.45) is 6.53. The molecule has 0 aromatic carbocycles. The summed E-state index contributed by atoms with van der Waals surface area (Å²) in [6, 6.07) is 0.444. The Hall–Kier alpha value is -0.340. The number of allylic oxidation sites excluding steroid dienone is 1. The van der Waals surface area contributed by atoms with E-state index in [9.17, 15) is 0 Å². The zero-order valence-electron chi connectivity index (χ0n) is 10.8. The number of hydrogen-bond acceptors (Lipinski definition) is 2. The van der Waals surface area contributed by atoms with Gasteiger partial charge in [-0.05, 0) is 37.0 Å². The van der Waals surface area contributed by atoms with Crippen LogP contribution >= 0.6 is 0 Å². The molecule has 0 aromatic rings. The molecule has 0 fully saturated rings. The molecule has 0 amide bonds. The molecule has 3 N–H and O–H groups in total. The average Bonchev–Trinajstić information content (AvgIpc) is 2.14. The van der Waals surface area contributed by atoms with Crippen molar-refractivity contribution in [2.45, 2.75) is 59.4 Å². The molecule has 2 unspecified atom stereocenters. The topological polar surface area (TPSA) is 38.0 Å². The van der Waals surface area contributed by atoms with Crippen molar-refractivity contribution >= 4 is 0 Å². The molecule has 0 heterocycles. The minimum Gasteiger partial charge on any atom is -0.271 e. The van der Waals surface area contributed by atoms with Crippen LogP contribution in [0.1, 0.15) is 53.4 Å². The van der Waals surface area contributed by atoms with Crippen molar-refractivity contribution in [1.29, 1.82) is 0 Å². The van der Waals surface area contributed by atoms with Crippen LogP contribution in [-0.2, 0) is 0 Å². The van der Waals surface area contributed by atoms with Crippen molar-refractivity contribution < 1.29 is 0 Å². The van der Waals surface area contributed by atoms with Crippen molar-refractivity contribution in [2.75, 3.05) is 0 Å². The molecule has 0 bridgehead atoms. The summed E-state index contributed by atoms with van der Waals surface area (Å²) in [7, 11) is 0. The third kappa shape index (κ3) is 6.69. The molecule has 0 aliphatic carbocycles. The highest BCUT2D eigenvalue weighted by molar-refractivity contribution is 4.77. The summed E-state index contributed by atoms with van der Waals surface area (Å²) in [5.41, 5.74) is 3.30. The molecule has 0 aromatic heterocycles. The minimum absolute atomic E-state index is 0.369. The summed E-state index contributed by atoms with van der Waals surface area (Å²) < 4.78 is 0. The lowest BCUT2D eigenvalue weighted by atomic mass is 9.78. The lowest BCUT2D eigenvalue weighted by Crippen LogP contribution is -2.38. The van der Waals surface area contributed by atoms with Crippen LogP contribution in [-0.4, -0.2) is 6.04 Å². The van der Waals surface area contributed by atoms with Crippen molar-refractivity contribution in [2.24, 2.45) is 17.2 Å². The van der Waals surface area contributed by atoms with E-state index in [-0.39, 0.29) is 0 Å². The molecule has 0 rings (SSSR count). The number of hydrazine groups is 1. The fraction of sp³-hybridized carbons (Fsp3) is 0.846. The van der Waals surface area contributed by atoms with E-state index in [1.165, 1.54) is 6.42 Å². The smallest absolute Gasteiger partial charge is 0.0213 e. The highest BCUT2D eigenvalue weighted by Gasteiger charge is 2.22. The molecule has 2 nitrogen and oxygen atoms in total. The molecule has 0 spiro atoms. The molecule has 2 atom stereocenters. The molecule has 0 saturated carbocycles. The second-order valence-corrected chi connectivity index (χ2v) is 5.59. The first kappa shape index (κ1) is 14.7. The van der Waals surface area contributed by atoms with Gasteiger partial charge in [-0.1, -0.05) is 33.8 Å². The van der Waals surface area contributed by atoms with Crippen molar-refractivity contribution in [3.63, 3.8) is 0 Å². The maximum atomic E-state index is 5.57. The first-order valence-electron chi connectivity index (χ1n) is 5.98. The predicted octanol–water partition coefficient (Wildman–Crippen LogP) is 3.25. The van der Waals surface area contributed by atoms with Crippen LogP contribution in [0.15, 0.2) is 12.7 Å². The standard InChI is InChI=1S/C13H28N2/c1-6-7-8-9-12(15-14)10-11(2)13(3,4)5/h6,11-12,15H,1,7-10,14H2,2-5H3. The van der Waals surface area contributed by atoms with Gasteiger partial charge in [0.15, 0.2) is 0 Å². The van der Waals surface area contributed by atoms with Gasteiger partial charge in [0.05, 0.1) is 0 Å². The highest BCUT2D eigenvalue weighted by atomic mass is 15.2. The van der Waals surface area contributed by atoms with Gasteiger partial charge >= 0.3 is 0 Å². The molecular weight excluding hydrogens is 184 g/mol. The zero-order valence-corrected chi connectivity index (χ0v) is 10.8. The second kappa shape index (κ2) is 7.02. The Morgan fingerprint density at radius 3 is 2.40 bits per heavy atom. The molecule has 15 heavy (non-hydrogen) atoms. The van der Waals surface area contributed by atoms with Gasteiger partial charge in [0.2, 0.25) is 0 Å². The first-order valence-corrected chi connectivity index (χ1v) is 5.98. The monoisotopic (exact) mass is 212 g/mol. The van der Waals surface area contributed by atoms with E-state index in [0.717, 1.165) is 19.3 Å². The third-order valence-corrected chi connectivity index (χ3v) is 3.31. The normalized spacial score (nSPS) is 16.1. The molecule has 0 aliphatic rings. The first-order chi connectivity index (χ1) is 6.91. The molecule has 2 heteroatoms. The Kier molecular flexibility index (Phi) is 6.86. The lowest BCUT2D eigenvalue weighted by molar-refractivity contribution is 0.218. The fourth-order valence-corrected chi connectivity index (χ4v) is 1.56. The van der Waals surface area contributed by atoms with Gasteiger partial charge in [0, 0.05) is 6.04 Å². The number of hydrogen-bond donors (Lipinski definition) is 2. The average molecular weight is 212 g/mol. The molecule has 0 saturated heterocycles. The van der Waals surface area contributed by atoms with Gasteiger partial charge in [-0.2, -0.15) is 0 Å². The Morgan fingerprint density at radius 2 is 2.00 bits per heavy atom. The largest absolute Gasteiger partial charge is 0.271 e. The molecular formula is C13H28N2. The van der Waals surface area contributed by atoms with Crippen LogP contribution in [0.25, 0.3) is 0 Å². The Bertz CT molecular complexity index is 170.